The van der Waals surface area contributed by atoms with E-state index in [1.807, 2.05) is 0 Å². The molecule has 0 aliphatic heterocycles. The molecular weight excluding hydrogens is 248 g/mol. The molecule has 1 aromatic rings. The summed E-state index contributed by atoms with van der Waals surface area (Å²) in [5.74, 6) is -1.20. The van der Waals surface area contributed by atoms with Crippen molar-refractivity contribution in [1.29, 1.82) is 0 Å². The van der Waals surface area contributed by atoms with Crippen LogP contribution < -0.4 is 5.73 Å². The highest BCUT2D eigenvalue weighted by Gasteiger charge is 2.12. The number of hydrogen-bond acceptors (Lipinski definition) is 1. The van der Waals surface area contributed by atoms with Gasteiger partial charge in [0.05, 0.1) is 10.6 Å². The van der Waals surface area contributed by atoms with Crippen molar-refractivity contribution < 1.29 is 9.18 Å². The second-order valence-corrected chi connectivity index (χ2v) is 3.37. The van der Waals surface area contributed by atoms with Crippen LogP contribution in [0.1, 0.15) is 10.4 Å². The number of nitrogens with two attached hydrogens (primary N) is 1. The number of carbonyl (C=O) groups excluding carboxylic acids is 1. The Bertz CT molecular complexity index is 319. The zero-order valence-electron chi connectivity index (χ0n) is 5.77. The molecule has 1 amide bonds. The van der Waals surface area contributed by atoms with Crippen molar-refractivity contribution >= 4 is 33.4 Å². The number of rotatable bonds is 1. The lowest BCUT2D eigenvalue weighted by Crippen LogP contribution is -2.12. The van der Waals surface area contributed by atoms with E-state index in [4.69, 9.17) is 17.3 Å². The van der Waals surface area contributed by atoms with Crippen LogP contribution in [-0.2, 0) is 0 Å². The summed E-state index contributed by atoms with van der Waals surface area (Å²) in [6, 6.07) is 2.17. The van der Waals surface area contributed by atoms with Crippen LogP contribution in [0.15, 0.2) is 16.6 Å². The van der Waals surface area contributed by atoms with E-state index in [0.29, 0.717) is 0 Å². The SMILES string of the molecule is NC(=O)c1c(Cl)cc(F)cc1Br. The lowest BCUT2D eigenvalue weighted by molar-refractivity contribution is 0.0999. The smallest absolute Gasteiger partial charge is 0.251 e. The lowest BCUT2D eigenvalue weighted by atomic mass is 10.2. The number of amides is 1. The number of hydrogen-bond donors (Lipinski definition) is 1. The predicted molar refractivity (Wildman–Crippen MR) is 47.6 cm³/mol. The van der Waals surface area contributed by atoms with Gasteiger partial charge in [0.25, 0.3) is 5.91 Å². The molecule has 12 heavy (non-hydrogen) atoms. The summed E-state index contributed by atoms with van der Waals surface area (Å²) >= 11 is 8.53. The van der Waals surface area contributed by atoms with Crippen LogP contribution in [0.25, 0.3) is 0 Å². The number of carbonyl (C=O) groups is 1. The highest BCUT2D eigenvalue weighted by atomic mass is 79.9. The van der Waals surface area contributed by atoms with Gasteiger partial charge >= 0.3 is 0 Å². The molecular formula is C7H4BrClFNO. The summed E-state index contributed by atoms with van der Waals surface area (Å²) in [7, 11) is 0. The van der Waals surface area contributed by atoms with Crippen molar-refractivity contribution in [3.63, 3.8) is 0 Å². The lowest BCUT2D eigenvalue weighted by Gasteiger charge is -2.01. The Morgan fingerprint density at radius 2 is 2.17 bits per heavy atom. The Morgan fingerprint density at radius 1 is 1.58 bits per heavy atom. The van der Waals surface area contributed by atoms with Gasteiger partial charge in [0, 0.05) is 4.47 Å². The summed E-state index contributed by atoms with van der Waals surface area (Å²) in [6.07, 6.45) is 0. The van der Waals surface area contributed by atoms with Crippen molar-refractivity contribution in [2.75, 3.05) is 0 Å². The molecule has 0 saturated heterocycles. The summed E-state index contributed by atoms with van der Waals surface area (Å²) in [4.78, 5) is 10.7. The monoisotopic (exact) mass is 251 g/mol. The molecule has 0 bridgehead atoms. The molecule has 0 aliphatic carbocycles. The van der Waals surface area contributed by atoms with Crippen LogP contribution in [0.4, 0.5) is 4.39 Å². The van der Waals surface area contributed by atoms with Crippen molar-refractivity contribution in [2.45, 2.75) is 0 Å². The maximum atomic E-state index is 12.6. The summed E-state index contributed by atoms with van der Waals surface area (Å²) in [5.41, 5.74) is 5.09. The van der Waals surface area contributed by atoms with E-state index in [-0.39, 0.29) is 15.1 Å². The molecule has 0 saturated carbocycles. The van der Waals surface area contributed by atoms with Crippen LogP contribution in [0.5, 0.6) is 0 Å². The van der Waals surface area contributed by atoms with Gasteiger partial charge in [-0.25, -0.2) is 4.39 Å². The van der Waals surface area contributed by atoms with Gasteiger partial charge in [-0.3, -0.25) is 4.79 Å². The third-order valence-electron chi connectivity index (χ3n) is 1.25. The summed E-state index contributed by atoms with van der Waals surface area (Å²) < 4.78 is 12.9. The van der Waals surface area contributed by atoms with E-state index in [0.717, 1.165) is 12.1 Å². The largest absolute Gasteiger partial charge is 0.366 e. The molecule has 1 rings (SSSR count). The minimum atomic E-state index is -0.688. The predicted octanol–water partition coefficient (Wildman–Crippen LogP) is 2.34. The fourth-order valence-corrected chi connectivity index (χ4v) is 1.82. The molecule has 0 fully saturated rings. The third kappa shape index (κ3) is 1.76. The van der Waals surface area contributed by atoms with Crippen molar-refractivity contribution in [1.82, 2.24) is 0 Å². The van der Waals surface area contributed by atoms with Gasteiger partial charge in [-0.2, -0.15) is 0 Å². The van der Waals surface area contributed by atoms with Crippen LogP contribution >= 0.6 is 27.5 Å². The first kappa shape index (κ1) is 9.48. The van der Waals surface area contributed by atoms with Gasteiger partial charge in [-0.05, 0) is 28.1 Å². The van der Waals surface area contributed by atoms with E-state index in [1.165, 1.54) is 0 Å². The molecule has 0 aromatic heterocycles. The Hall–Kier alpha value is -0.610. The van der Waals surface area contributed by atoms with Crippen molar-refractivity contribution in [3.05, 3.63) is 33.0 Å². The van der Waals surface area contributed by atoms with Gasteiger partial charge in [0.1, 0.15) is 5.82 Å². The molecule has 5 heteroatoms. The fourth-order valence-electron chi connectivity index (χ4n) is 0.778. The highest BCUT2D eigenvalue weighted by molar-refractivity contribution is 9.10. The van der Waals surface area contributed by atoms with Crippen molar-refractivity contribution in [3.8, 4) is 0 Å². The first-order valence-electron chi connectivity index (χ1n) is 2.96. The molecule has 2 N–H and O–H groups in total. The number of halogens is 3. The maximum absolute atomic E-state index is 12.6. The molecule has 0 spiro atoms. The van der Waals surface area contributed by atoms with Gasteiger partial charge in [0.15, 0.2) is 0 Å². The first-order chi connectivity index (χ1) is 5.52. The van der Waals surface area contributed by atoms with Crippen LogP contribution in [0.3, 0.4) is 0 Å². The molecule has 0 atom stereocenters. The quantitative estimate of drug-likeness (QED) is 0.819. The Balaban J connectivity index is 3.38. The first-order valence-corrected chi connectivity index (χ1v) is 4.14. The van der Waals surface area contributed by atoms with E-state index < -0.39 is 11.7 Å². The van der Waals surface area contributed by atoms with E-state index in [2.05, 4.69) is 15.9 Å². The minimum Gasteiger partial charge on any atom is -0.366 e. The zero-order valence-corrected chi connectivity index (χ0v) is 8.12. The molecule has 64 valence electrons. The second kappa shape index (κ2) is 3.41. The highest BCUT2D eigenvalue weighted by Crippen LogP contribution is 2.25. The molecule has 2 nitrogen and oxygen atoms in total. The molecule has 0 aliphatic rings. The van der Waals surface area contributed by atoms with E-state index in [1.54, 1.807) is 0 Å². The van der Waals surface area contributed by atoms with Crippen LogP contribution in [0.2, 0.25) is 5.02 Å². The van der Waals surface area contributed by atoms with Gasteiger partial charge in [0.2, 0.25) is 0 Å². The average molecular weight is 252 g/mol. The van der Waals surface area contributed by atoms with E-state index in [9.17, 15) is 9.18 Å². The summed E-state index contributed by atoms with van der Waals surface area (Å²) in [6.45, 7) is 0. The molecule has 1 aromatic carbocycles. The van der Waals surface area contributed by atoms with Crippen LogP contribution in [0, 0.1) is 5.82 Å². The van der Waals surface area contributed by atoms with Crippen molar-refractivity contribution in [2.24, 2.45) is 5.73 Å². The fraction of sp³-hybridized carbons (Fsp3) is 0. The standard InChI is InChI=1S/C7H4BrClFNO/c8-4-1-3(10)2-5(9)6(4)7(11)12/h1-2H,(H2,11,12). The Labute approximate surface area is 81.6 Å². The van der Waals surface area contributed by atoms with Gasteiger partial charge in [-0.1, -0.05) is 11.6 Å². The Kier molecular flexibility index (Phi) is 2.69. The summed E-state index contributed by atoms with van der Waals surface area (Å²) in [5, 5.41) is 0.00868. The van der Waals surface area contributed by atoms with Gasteiger partial charge in [-0.15, -0.1) is 0 Å². The van der Waals surface area contributed by atoms with E-state index >= 15 is 0 Å². The third-order valence-corrected chi connectivity index (χ3v) is 2.18. The second-order valence-electron chi connectivity index (χ2n) is 2.11. The Morgan fingerprint density at radius 3 is 2.58 bits per heavy atom. The average Bonchev–Trinajstić information content (AvgIpc) is 1.82. The molecule has 0 unspecified atom stereocenters. The zero-order chi connectivity index (χ0) is 9.30. The number of primary amides is 1. The molecule has 0 heterocycles. The minimum absolute atomic E-state index is 0.00868. The molecule has 0 radical (unpaired) electrons. The normalized spacial score (nSPS) is 9.92. The van der Waals surface area contributed by atoms with Gasteiger partial charge < -0.3 is 5.73 Å². The topological polar surface area (TPSA) is 43.1 Å². The number of benzene rings is 1. The maximum Gasteiger partial charge on any atom is 0.251 e. The van der Waals surface area contributed by atoms with Crippen LogP contribution in [-0.4, -0.2) is 5.91 Å².